The van der Waals surface area contributed by atoms with Crippen molar-refractivity contribution in [2.24, 2.45) is 46.3 Å². The number of aliphatic hydroxyl groups excluding tert-OH is 2. The third-order valence-electron chi connectivity index (χ3n) is 14.7. The molecular formula is C35H40O11. The average molecular weight is 637 g/mol. The fourth-order valence-electron chi connectivity index (χ4n) is 12.4. The molecule has 0 saturated heterocycles. The number of aliphatic hydroxyl groups is 5. The highest BCUT2D eigenvalue weighted by molar-refractivity contribution is 5.98. The van der Waals surface area contributed by atoms with E-state index >= 15 is 0 Å². The van der Waals surface area contributed by atoms with Gasteiger partial charge in [-0.15, -0.1) is 0 Å². The van der Waals surface area contributed by atoms with Crippen molar-refractivity contribution in [3.05, 3.63) is 45.1 Å². The number of fused-ring (bicyclic) bond motifs is 9. The normalized spacial score (nSPS) is 53.5. The maximum absolute atomic E-state index is 13.8. The lowest BCUT2D eigenvalue weighted by molar-refractivity contribution is -0.244. The quantitative estimate of drug-likeness (QED) is 0.170. The van der Waals surface area contributed by atoms with E-state index < -0.39 is 75.9 Å². The van der Waals surface area contributed by atoms with E-state index in [9.17, 15) is 39.9 Å². The van der Waals surface area contributed by atoms with Crippen LogP contribution in [-0.2, 0) is 28.6 Å². The second-order valence-corrected chi connectivity index (χ2v) is 16.0. The van der Waals surface area contributed by atoms with Gasteiger partial charge in [-0.2, -0.15) is 0 Å². The molecule has 246 valence electrons. The molecule has 46 heavy (non-hydrogen) atoms. The van der Waals surface area contributed by atoms with Crippen LogP contribution in [0.5, 0.6) is 0 Å². The molecular weight excluding hydrogens is 596 g/mol. The first-order valence-electron chi connectivity index (χ1n) is 16.5. The molecule has 0 amide bonds. The van der Waals surface area contributed by atoms with E-state index in [1.54, 1.807) is 26.8 Å². The van der Waals surface area contributed by atoms with Gasteiger partial charge < -0.3 is 39.7 Å². The van der Waals surface area contributed by atoms with Gasteiger partial charge in [0, 0.05) is 39.5 Å². The number of allylic oxidation sites excluding steroid dienone is 1. The van der Waals surface area contributed by atoms with Crippen LogP contribution in [0.2, 0.25) is 0 Å². The maximum atomic E-state index is 13.8. The van der Waals surface area contributed by atoms with Crippen LogP contribution in [0.4, 0.5) is 0 Å². The first-order chi connectivity index (χ1) is 21.5. The number of ether oxygens (including phenoxy) is 3. The number of hydrogen-bond donors (Lipinski definition) is 5. The number of carbonyl (C=O) groups is 3. The van der Waals surface area contributed by atoms with E-state index in [1.165, 1.54) is 6.92 Å². The second kappa shape index (κ2) is 8.06. The van der Waals surface area contributed by atoms with Gasteiger partial charge in [-0.3, -0.25) is 0 Å². The fraction of sp³-hybridized carbons (Fsp3) is 0.686. The number of carbonyl (C=O) groups excluding carboxylic acids is 3. The van der Waals surface area contributed by atoms with Gasteiger partial charge in [-0.25, -0.2) is 14.4 Å². The molecule has 7 aliphatic carbocycles. The second-order valence-electron chi connectivity index (χ2n) is 16.0. The Kier molecular flexibility index (Phi) is 5.14. The zero-order chi connectivity index (χ0) is 32.9. The summed E-state index contributed by atoms with van der Waals surface area (Å²) in [4.78, 5) is 39.7. The lowest BCUT2D eigenvalue weighted by Crippen LogP contribution is -2.69. The van der Waals surface area contributed by atoms with Crippen LogP contribution in [0.3, 0.4) is 0 Å². The predicted molar refractivity (Wildman–Crippen MR) is 156 cm³/mol. The highest BCUT2D eigenvalue weighted by atomic mass is 16.7. The van der Waals surface area contributed by atoms with Gasteiger partial charge in [-0.05, 0) is 86.7 Å². The Labute approximate surface area is 265 Å². The van der Waals surface area contributed by atoms with E-state index in [1.807, 2.05) is 0 Å². The van der Waals surface area contributed by atoms with Crippen LogP contribution in [0.25, 0.3) is 0 Å². The molecule has 2 aliphatic heterocycles. The summed E-state index contributed by atoms with van der Waals surface area (Å²) in [7, 11) is 0. The third kappa shape index (κ3) is 2.72. The lowest BCUT2D eigenvalue weighted by Gasteiger charge is -2.64. The topological polar surface area (TPSA) is 180 Å². The van der Waals surface area contributed by atoms with Crippen LogP contribution < -0.4 is 0 Å². The summed E-state index contributed by atoms with van der Waals surface area (Å²) in [6, 6.07) is 0. The molecule has 0 unspecified atom stereocenters. The molecule has 5 saturated carbocycles. The van der Waals surface area contributed by atoms with E-state index in [-0.39, 0.29) is 59.8 Å². The minimum atomic E-state index is -2.43. The van der Waals surface area contributed by atoms with Crippen LogP contribution >= 0.6 is 0 Å². The molecule has 9 aliphatic rings. The molecule has 0 aromatic heterocycles. The largest absolute Gasteiger partial charge is 0.459 e. The molecule has 2 heterocycles. The van der Waals surface area contributed by atoms with Crippen molar-refractivity contribution in [1.29, 1.82) is 0 Å². The standard InChI is InChI=1S/C35H40O11/c1-6-13(2)26(37)44-12-33(42)20-7-17(20)30(4)21(33)9-16-15(11-36)28(39)45-34(16)22(30)10-32(41)19-8-18(19)31(5)25(32)24(34)23-14(3)27(38)46-35(23,43)29(31)40/h6,17-22,29,36,40-43H,7-12H2,1-5H3/b13-6+/t17-,18-,19+,20+,21-,22+,29-,30+,31+,32+,33+,34+,35+/m1/s1. The van der Waals surface area contributed by atoms with Crippen LogP contribution in [0, 0.1) is 46.3 Å². The Morgan fingerprint density at radius 3 is 2.37 bits per heavy atom. The summed E-state index contributed by atoms with van der Waals surface area (Å²) < 4.78 is 17.8. The number of esters is 3. The van der Waals surface area contributed by atoms with E-state index in [0.717, 1.165) is 0 Å². The Bertz CT molecular complexity index is 1740. The van der Waals surface area contributed by atoms with Crippen molar-refractivity contribution in [2.45, 2.75) is 89.0 Å². The minimum absolute atomic E-state index is 0.0183. The Morgan fingerprint density at radius 2 is 1.70 bits per heavy atom. The smallest absolute Gasteiger partial charge is 0.337 e. The van der Waals surface area contributed by atoms with Gasteiger partial charge in [-0.1, -0.05) is 19.9 Å². The molecule has 11 heteroatoms. The van der Waals surface area contributed by atoms with Crippen molar-refractivity contribution >= 4 is 17.9 Å². The first-order valence-corrected chi connectivity index (χ1v) is 16.5. The third-order valence-corrected chi connectivity index (χ3v) is 14.7. The zero-order valence-corrected chi connectivity index (χ0v) is 26.5. The Balaban J connectivity index is 1.30. The predicted octanol–water partition coefficient (Wildman–Crippen LogP) is 1.13. The van der Waals surface area contributed by atoms with Crippen LogP contribution in [-0.4, -0.2) is 85.3 Å². The molecule has 0 bridgehead atoms. The van der Waals surface area contributed by atoms with Crippen molar-refractivity contribution in [2.75, 3.05) is 13.2 Å². The monoisotopic (exact) mass is 636 g/mol. The summed E-state index contributed by atoms with van der Waals surface area (Å²) in [6.45, 7) is 7.84. The summed E-state index contributed by atoms with van der Waals surface area (Å²) in [5.41, 5.74) is -4.65. The van der Waals surface area contributed by atoms with Gasteiger partial charge >= 0.3 is 17.9 Å². The molecule has 5 N–H and O–H groups in total. The Hall–Kier alpha value is -2.83. The summed E-state index contributed by atoms with van der Waals surface area (Å²) >= 11 is 0. The zero-order valence-electron chi connectivity index (χ0n) is 26.5. The molecule has 0 aromatic rings. The molecule has 11 nitrogen and oxygen atoms in total. The molecule has 9 rings (SSSR count). The van der Waals surface area contributed by atoms with E-state index in [4.69, 9.17) is 14.2 Å². The molecule has 13 atom stereocenters. The summed E-state index contributed by atoms with van der Waals surface area (Å²) in [5, 5.41) is 60.1. The van der Waals surface area contributed by atoms with Crippen molar-refractivity contribution in [3.63, 3.8) is 0 Å². The van der Waals surface area contributed by atoms with Crippen molar-refractivity contribution in [3.8, 4) is 0 Å². The SMILES string of the molecule is C/C=C(\C)C(=O)OC[C@]1(O)[C@H]2C[C@H]2[C@]2(C)[C@@H]3C[C@@]4(O)C5=C(C6=C(C)C(=O)O[C@]6(O)[C@H](O)[C@@]5(C)[C@@H]5C[C@@H]54)[C@@]34OC(=O)C(CO)=C4C[C@@H]12. The van der Waals surface area contributed by atoms with Crippen LogP contribution in [0.1, 0.15) is 60.3 Å². The van der Waals surface area contributed by atoms with E-state index in [0.29, 0.717) is 35.1 Å². The van der Waals surface area contributed by atoms with Crippen molar-refractivity contribution < 1.29 is 54.1 Å². The highest BCUT2D eigenvalue weighted by Crippen LogP contribution is 2.84. The van der Waals surface area contributed by atoms with Gasteiger partial charge in [0.25, 0.3) is 5.79 Å². The van der Waals surface area contributed by atoms with Gasteiger partial charge in [0.1, 0.15) is 18.3 Å². The Morgan fingerprint density at radius 1 is 1.00 bits per heavy atom. The minimum Gasteiger partial charge on any atom is -0.459 e. The molecule has 0 aromatic carbocycles. The molecule has 5 fully saturated rings. The summed E-state index contributed by atoms with van der Waals surface area (Å²) in [5.74, 6) is -6.38. The number of hydrogen-bond acceptors (Lipinski definition) is 11. The maximum Gasteiger partial charge on any atom is 0.337 e. The molecule has 1 spiro atoms. The summed E-state index contributed by atoms with van der Waals surface area (Å²) in [6.07, 6.45) is 1.61. The lowest BCUT2D eigenvalue weighted by atomic mass is 9.42. The van der Waals surface area contributed by atoms with Crippen LogP contribution in [0.15, 0.2) is 45.1 Å². The number of rotatable bonds is 4. The first kappa shape index (κ1) is 29.3. The van der Waals surface area contributed by atoms with E-state index in [2.05, 4.69) is 6.92 Å². The fourth-order valence-corrected chi connectivity index (χ4v) is 12.4. The highest BCUT2D eigenvalue weighted by Gasteiger charge is 2.87. The van der Waals surface area contributed by atoms with Crippen molar-refractivity contribution in [1.82, 2.24) is 0 Å². The van der Waals surface area contributed by atoms with Gasteiger partial charge in [0.15, 0.2) is 5.60 Å². The average Bonchev–Trinajstić information content (AvgIpc) is 3.91. The van der Waals surface area contributed by atoms with Gasteiger partial charge in [0.2, 0.25) is 0 Å². The molecule has 0 radical (unpaired) electrons. The van der Waals surface area contributed by atoms with Gasteiger partial charge in [0.05, 0.1) is 17.8 Å².